The Labute approximate surface area is 215 Å². The summed E-state index contributed by atoms with van der Waals surface area (Å²) in [6, 6.07) is 7.42. The number of amides is 1. The second kappa shape index (κ2) is 9.71. The third kappa shape index (κ3) is 4.88. The first kappa shape index (κ1) is 26.5. The van der Waals surface area contributed by atoms with Crippen LogP contribution in [0.5, 0.6) is 0 Å². The summed E-state index contributed by atoms with van der Waals surface area (Å²) in [5.74, 6) is -2.88. The molecule has 1 amide bonds. The number of carboxylic acids is 1. The molecule has 0 aliphatic carbocycles. The predicted octanol–water partition coefficient (Wildman–Crippen LogP) is 4.23. The van der Waals surface area contributed by atoms with E-state index in [0.29, 0.717) is 39.8 Å². The van der Waals surface area contributed by atoms with Crippen LogP contribution in [-0.4, -0.2) is 58.8 Å². The molecule has 37 heavy (non-hydrogen) atoms. The van der Waals surface area contributed by atoms with Gasteiger partial charge in [0.2, 0.25) is 11.7 Å². The second-order valence-electron chi connectivity index (χ2n) is 8.72. The lowest BCUT2D eigenvalue weighted by molar-refractivity contribution is -0.137. The monoisotopic (exact) mass is 536 g/mol. The largest absolute Gasteiger partial charge is 0.478 e. The molecule has 2 atom stereocenters. The van der Waals surface area contributed by atoms with Crippen molar-refractivity contribution in [1.29, 1.82) is 0 Å². The highest BCUT2D eigenvalue weighted by Crippen LogP contribution is 2.44. The summed E-state index contributed by atoms with van der Waals surface area (Å²) in [6.45, 7) is 5.01. The molecule has 5 N–H and O–H groups in total. The third-order valence-electron chi connectivity index (χ3n) is 6.60. The van der Waals surface area contributed by atoms with E-state index in [2.05, 4.69) is 15.6 Å². The molecule has 3 aromatic rings. The Kier molecular flexibility index (Phi) is 6.95. The number of fused-ring (bicyclic) bond motifs is 2. The first-order valence-electron chi connectivity index (χ1n) is 11.6. The number of likely N-dealkylation sites (N-methyl/N-ethyl adjacent to an activating group) is 2. The van der Waals surface area contributed by atoms with Gasteiger partial charge in [0.1, 0.15) is 0 Å². The quantitative estimate of drug-likeness (QED) is 0.321. The first-order valence-corrected chi connectivity index (χ1v) is 12.4. The summed E-state index contributed by atoms with van der Waals surface area (Å²) in [5.41, 5.74) is 6.52. The molecule has 9 nitrogen and oxygen atoms in total. The summed E-state index contributed by atoms with van der Waals surface area (Å²) in [4.78, 5) is 32.2. The number of aromatic carboxylic acids is 1. The molecule has 0 fully saturated rings. The minimum Gasteiger partial charge on any atom is -0.478 e. The van der Waals surface area contributed by atoms with Gasteiger partial charge in [-0.25, -0.2) is 9.78 Å². The number of carboxylic acid groups (broad SMARTS) is 1. The van der Waals surface area contributed by atoms with Crippen molar-refractivity contribution < 1.29 is 27.9 Å². The summed E-state index contributed by atoms with van der Waals surface area (Å²) < 4.78 is 40.1. The second-order valence-corrected chi connectivity index (χ2v) is 9.75. The van der Waals surface area contributed by atoms with Crippen molar-refractivity contribution in [2.75, 3.05) is 35.7 Å². The molecule has 0 spiro atoms. The highest BCUT2D eigenvalue weighted by molar-refractivity contribution is 7.22. The zero-order valence-corrected chi connectivity index (χ0v) is 21.2. The van der Waals surface area contributed by atoms with Crippen LogP contribution in [0.4, 0.5) is 29.7 Å². The smallest absolute Gasteiger partial charge is 0.416 e. The van der Waals surface area contributed by atoms with Crippen molar-refractivity contribution in [2.24, 2.45) is 5.73 Å². The number of benzene rings is 2. The molecule has 198 valence electrons. The van der Waals surface area contributed by atoms with Crippen LogP contribution in [0.2, 0.25) is 0 Å². The van der Waals surface area contributed by atoms with Gasteiger partial charge in [0.25, 0.3) is 0 Å². The number of primary amides is 1. The summed E-state index contributed by atoms with van der Waals surface area (Å²) >= 11 is 1.05. The number of halogens is 3. The summed E-state index contributed by atoms with van der Waals surface area (Å²) in [6.07, 6.45) is -4.55. The Bertz CT molecular complexity index is 1340. The fourth-order valence-corrected chi connectivity index (χ4v) is 5.72. The molecule has 0 saturated heterocycles. The zero-order valence-electron chi connectivity index (χ0n) is 20.4. The number of hydrogen-bond donors (Lipinski definition) is 4. The predicted molar refractivity (Wildman–Crippen MR) is 137 cm³/mol. The average molecular weight is 537 g/mol. The van der Waals surface area contributed by atoms with Gasteiger partial charge < -0.3 is 26.4 Å². The molecule has 0 bridgehead atoms. The minimum atomic E-state index is -4.49. The average Bonchev–Trinajstić information content (AvgIpc) is 3.35. The van der Waals surface area contributed by atoms with Gasteiger partial charge in [-0.3, -0.25) is 9.69 Å². The van der Waals surface area contributed by atoms with Crippen molar-refractivity contribution in [3.63, 3.8) is 0 Å². The maximum Gasteiger partial charge on any atom is 0.416 e. The van der Waals surface area contributed by atoms with Crippen LogP contribution in [0.15, 0.2) is 36.4 Å². The molecular weight excluding hydrogens is 509 g/mol. The van der Waals surface area contributed by atoms with Gasteiger partial charge in [-0.1, -0.05) is 25.2 Å². The number of anilines is 3. The van der Waals surface area contributed by atoms with Crippen molar-refractivity contribution in [3.05, 3.63) is 47.5 Å². The molecule has 1 aromatic heterocycles. The molecule has 0 saturated carbocycles. The first-order chi connectivity index (χ1) is 17.4. The van der Waals surface area contributed by atoms with Crippen molar-refractivity contribution >= 4 is 49.9 Å². The number of aromatic nitrogens is 1. The Hall–Kier alpha value is -3.58. The van der Waals surface area contributed by atoms with Crippen molar-refractivity contribution in [2.45, 2.75) is 38.3 Å². The van der Waals surface area contributed by atoms with Crippen LogP contribution in [0.3, 0.4) is 0 Å². The normalized spacial score (nSPS) is 18.1. The number of hydrogen-bond acceptors (Lipinski definition) is 8. The van der Waals surface area contributed by atoms with Gasteiger partial charge in [-0.15, -0.1) is 0 Å². The number of rotatable bonds is 9. The van der Waals surface area contributed by atoms with E-state index >= 15 is 0 Å². The van der Waals surface area contributed by atoms with Gasteiger partial charge in [0.05, 0.1) is 38.8 Å². The molecule has 2 aromatic carbocycles. The summed E-state index contributed by atoms with van der Waals surface area (Å²) in [5, 5.41) is 16.5. The molecule has 4 rings (SSSR count). The van der Waals surface area contributed by atoms with Crippen LogP contribution in [0.25, 0.3) is 10.2 Å². The highest BCUT2D eigenvalue weighted by Gasteiger charge is 2.51. The third-order valence-corrected chi connectivity index (χ3v) is 7.54. The lowest BCUT2D eigenvalue weighted by Crippen LogP contribution is -2.68. The van der Waals surface area contributed by atoms with Crippen LogP contribution < -0.4 is 21.3 Å². The summed E-state index contributed by atoms with van der Waals surface area (Å²) in [7, 11) is 1.78. The number of carbonyl (C=O) groups excluding carboxylic acids is 1. The van der Waals surface area contributed by atoms with E-state index in [4.69, 9.17) is 5.73 Å². The molecule has 2 unspecified atom stereocenters. The van der Waals surface area contributed by atoms with Crippen LogP contribution >= 0.6 is 11.3 Å². The van der Waals surface area contributed by atoms with E-state index in [1.807, 2.05) is 23.6 Å². The fourth-order valence-electron chi connectivity index (χ4n) is 4.76. The van der Waals surface area contributed by atoms with Crippen LogP contribution in [-0.2, 0) is 11.0 Å². The standard InChI is InChI=1S/C24H27F3N6O3S/c1-4-33(5-2)19(12-20(28)34)24(30-16-10-13(21(35)36)6-9-17(16)32(24)3)31-22-29-15-8-7-14(23(25,26)27)11-18(15)37-22/h6-11,19,30H,4-5,12H2,1-3H3,(H2,28,34)(H,29,31)(H,35,36). The lowest BCUT2D eigenvalue weighted by Gasteiger charge is -2.47. The Morgan fingerprint density at radius 2 is 1.95 bits per heavy atom. The van der Waals surface area contributed by atoms with E-state index in [1.54, 1.807) is 13.1 Å². The van der Waals surface area contributed by atoms with Crippen LogP contribution in [0, 0.1) is 0 Å². The Morgan fingerprint density at radius 3 is 2.54 bits per heavy atom. The van der Waals surface area contributed by atoms with Gasteiger partial charge >= 0.3 is 12.1 Å². The molecule has 0 radical (unpaired) electrons. The Balaban J connectivity index is 1.84. The SMILES string of the molecule is CCN(CC)C(CC(N)=O)C1(Nc2nc3ccc(C(F)(F)F)cc3s2)Nc2cc(C(=O)O)ccc2N1C. The molecule has 1 aliphatic rings. The number of thiazole rings is 1. The van der Waals surface area contributed by atoms with E-state index < -0.39 is 35.4 Å². The highest BCUT2D eigenvalue weighted by atomic mass is 32.1. The van der Waals surface area contributed by atoms with Crippen molar-refractivity contribution in [3.8, 4) is 0 Å². The maximum atomic E-state index is 13.3. The Morgan fingerprint density at radius 1 is 1.24 bits per heavy atom. The maximum absolute atomic E-state index is 13.3. The van der Waals surface area contributed by atoms with Gasteiger partial charge in [0, 0.05) is 13.5 Å². The van der Waals surface area contributed by atoms with Gasteiger partial charge in [-0.2, -0.15) is 13.2 Å². The number of nitrogens with zero attached hydrogens (tertiary/aromatic N) is 3. The number of alkyl halides is 3. The van der Waals surface area contributed by atoms with E-state index in [-0.39, 0.29) is 12.0 Å². The molecule has 13 heteroatoms. The molecule has 2 heterocycles. The lowest BCUT2D eigenvalue weighted by atomic mass is 10.0. The van der Waals surface area contributed by atoms with Gasteiger partial charge in [-0.05, 0) is 49.5 Å². The van der Waals surface area contributed by atoms with Crippen LogP contribution in [0.1, 0.15) is 36.2 Å². The van der Waals surface area contributed by atoms with Gasteiger partial charge in [0.15, 0.2) is 5.13 Å². The van der Waals surface area contributed by atoms with Crippen molar-refractivity contribution in [1.82, 2.24) is 9.88 Å². The topological polar surface area (TPSA) is 124 Å². The molecular formula is C24H27F3N6O3S. The van der Waals surface area contributed by atoms with E-state index in [9.17, 15) is 27.9 Å². The zero-order chi connectivity index (χ0) is 27.1. The van der Waals surface area contributed by atoms with E-state index in [1.165, 1.54) is 18.2 Å². The number of nitrogens with two attached hydrogens (primary N) is 1. The minimum absolute atomic E-state index is 0.0606. The molecule has 1 aliphatic heterocycles. The number of nitrogens with one attached hydrogen (secondary N) is 2. The van der Waals surface area contributed by atoms with E-state index in [0.717, 1.165) is 23.5 Å². The number of carbonyl (C=O) groups is 2. The fraction of sp³-hybridized carbons (Fsp3) is 0.375.